The van der Waals surface area contributed by atoms with Crippen LogP contribution in [0.25, 0.3) is 6.08 Å². The third-order valence-electron chi connectivity index (χ3n) is 28.6. The summed E-state index contributed by atoms with van der Waals surface area (Å²) < 4.78 is 92.0. The van der Waals surface area contributed by atoms with Gasteiger partial charge in [0.1, 0.15) is 146 Å². The van der Waals surface area contributed by atoms with Crippen molar-refractivity contribution in [1.29, 1.82) is 0 Å². The summed E-state index contributed by atoms with van der Waals surface area (Å²) in [5, 5.41) is 201. The highest BCUT2D eigenvalue weighted by Gasteiger charge is 2.72. The molecule has 1 amide bonds. The Morgan fingerprint density at radius 2 is 1.05 bits per heavy atom. The van der Waals surface area contributed by atoms with Crippen molar-refractivity contribution in [2.45, 2.75) is 329 Å². The fraction of sp³-hybridized carbons (Fsp3) is 0.838. The van der Waals surface area contributed by atoms with E-state index in [0.29, 0.717) is 38.5 Å². The molecule has 0 aromatic heterocycles. The number of rotatable bonds is 22. The van der Waals surface area contributed by atoms with Crippen LogP contribution in [0.2, 0.25) is 0 Å². The second-order valence-corrected chi connectivity index (χ2v) is 36.3. The molecule has 37 nitrogen and oxygen atoms in total. The zero-order chi connectivity index (χ0) is 84.8. The van der Waals surface area contributed by atoms with E-state index in [9.17, 15) is 102 Å². The molecule has 1 aromatic carbocycles. The molecule has 0 bridgehead atoms. The third kappa shape index (κ3) is 16.9. The van der Waals surface area contributed by atoms with Crippen LogP contribution >= 0.6 is 0 Å². The van der Waals surface area contributed by atoms with Crippen LogP contribution in [0.1, 0.15) is 126 Å². The first-order valence-corrected chi connectivity index (χ1v) is 40.7. The average molecular weight is 1670 g/mol. The number of hydrogen-bond acceptors (Lipinski definition) is 36. The number of fused-ring (bicyclic) bond motifs is 7. The SMILES string of the molecule is CC(=O)N[C@@H]1[C@H](O[C@H]2CC[C@]3(C)[C@H]4CC=C5[C@@H]6CC(C)(C)[C@@H](OC(=O)/C=C/c7ccccc7)C[C@]6(C(=O)O[C@@H]6O[C@@H](CO)[C@@H](O)[C@H](O)[C@@H]6O[C@@H]6O[C@@H](C)[C@H](O[C@@H]7O[C@@H](CO)[C@H](O)[C@H]7O)[C@H](O[C@@H]7O[C@@H](CO)[C@@H](O)[C@H](O)[C@@H]7O)[C@H]6O)CC[C@@]5(C)[C@]4(C)CC[C@H]3C2(C)C)O[C@@H](CO[C@@H]2OC[C@H](O)[C@@H](O)[C@@H]2O[C@@H]2OC[C@@H](O)[C@H](O)[C@@H]2O)[C@@H](O)[C@@H]1O. The van der Waals surface area contributed by atoms with Crippen LogP contribution in [0.3, 0.4) is 0 Å². The van der Waals surface area contributed by atoms with E-state index in [0.717, 1.165) is 11.1 Å². The van der Waals surface area contributed by atoms with Crippen LogP contribution in [0, 0.1) is 50.2 Å². The molecule has 41 atom stereocenters. The number of aliphatic hydroxyl groups excluding tert-OH is 18. The van der Waals surface area contributed by atoms with Gasteiger partial charge in [-0.25, -0.2) is 4.79 Å². The predicted octanol–water partition coefficient (Wildman–Crippen LogP) is -4.24. The number of amides is 1. The van der Waals surface area contributed by atoms with Crippen molar-refractivity contribution in [3.63, 3.8) is 0 Å². The molecule has 11 fully saturated rings. The van der Waals surface area contributed by atoms with Crippen molar-refractivity contribution < 1.29 is 177 Å². The summed E-state index contributed by atoms with van der Waals surface area (Å²) in [7, 11) is 0. The highest BCUT2D eigenvalue weighted by molar-refractivity contribution is 5.87. The van der Waals surface area contributed by atoms with Gasteiger partial charge in [-0.15, -0.1) is 0 Å². The Balaban J connectivity index is 0.772. The third-order valence-corrected chi connectivity index (χ3v) is 28.6. The molecule has 117 heavy (non-hydrogen) atoms. The Kier molecular flexibility index (Phi) is 27.5. The molecule has 12 aliphatic rings. The molecular formula is C80H121NO36. The minimum Gasteiger partial charge on any atom is -0.459 e. The summed E-state index contributed by atoms with van der Waals surface area (Å²) in [6, 6.07) is 7.80. The number of benzene rings is 1. The standard InChI is InChI=1S/C80H121NO36/c1-33-63(113-69-60(99)54(93)42(29-84)108-69)64(114-70-61(100)57(96)52(91)40(27-82)107-70)62(101)71(106-33)116-66-58(97)53(92)41(28-83)109-73(66)117-74(102)80-24-23-78(8)36(37(80)25-75(3,4)47(26-80)111-48(88)18-15-35-13-11-10-12-14-35)16-17-45-77(7)21-20-46(76(5,6)44(77)19-22-79(45,78)9)112-67-49(81-34(2)85)56(95)55(94)43(110-67)32-105-72-65(51(90)39(87)31-104-72)115-68-59(98)50(89)38(86)30-103-68/h10-16,18,33,37-47,49-73,82-84,86-87,89-101H,17,19-32H2,1-9H3,(H,81,85)/b18-15+/t33-,37-,38+,39-,40-,41-,42-,43-,44-,45+,46-,47-,49-,50-,51+,52+,53+,54-,55+,56+,57-,58-,59-,60+,61-,62+,63-,64+,65-,66-,67-,68-,69-,70-,71-,72-,73-,77-,78+,79+,80+/m0/s1. The van der Waals surface area contributed by atoms with Gasteiger partial charge < -0.3 is 168 Å². The van der Waals surface area contributed by atoms with Gasteiger partial charge in [-0.05, 0) is 109 Å². The lowest BCUT2D eigenvalue weighted by molar-refractivity contribution is -0.390. The van der Waals surface area contributed by atoms with Gasteiger partial charge in [-0.2, -0.15) is 0 Å². The van der Waals surface area contributed by atoms with Gasteiger partial charge in [0.15, 0.2) is 43.8 Å². The van der Waals surface area contributed by atoms with E-state index in [-0.39, 0.29) is 31.1 Å². The summed E-state index contributed by atoms with van der Waals surface area (Å²) in [5.74, 6) is -2.80. The highest BCUT2D eigenvalue weighted by atomic mass is 16.8. The van der Waals surface area contributed by atoms with Crippen LogP contribution < -0.4 is 5.32 Å². The van der Waals surface area contributed by atoms with Gasteiger partial charge in [-0.3, -0.25) is 9.59 Å². The molecule has 0 radical (unpaired) electrons. The monoisotopic (exact) mass is 1670 g/mol. The Morgan fingerprint density at radius 3 is 1.70 bits per heavy atom. The van der Waals surface area contributed by atoms with Gasteiger partial charge in [0.2, 0.25) is 12.2 Å². The highest BCUT2D eigenvalue weighted by Crippen LogP contribution is 2.76. The lowest BCUT2D eigenvalue weighted by Crippen LogP contribution is -2.68. The van der Waals surface area contributed by atoms with Crippen molar-refractivity contribution in [2.75, 3.05) is 39.6 Å². The molecule has 7 saturated heterocycles. The van der Waals surface area contributed by atoms with Crippen molar-refractivity contribution >= 4 is 23.9 Å². The molecule has 4 saturated carbocycles. The van der Waals surface area contributed by atoms with Crippen LogP contribution in [0.5, 0.6) is 0 Å². The summed E-state index contributed by atoms with van der Waals surface area (Å²) in [6.45, 7) is 13.7. The average Bonchev–Trinajstić information content (AvgIpc) is 0.849. The van der Waals surface area contributed by atoms with Gasteiger partial charge >= 0.3 is 11.9 Å². The van der Waals surface area contributed by atoms with Gasteiger partial charge in [-0.1, -0.05) is 90.4 Å². The quantitative estimate of drug-likeness (QED) is 0.0226. The molecular weight excluding hydrogens is 1550 g/mol. The predicted molar refractivity (Wildman–Crippen MR) is 394 cm³/mol. The van der Waals surface area contributed by atoms with Crippen molar-refractivity contribution in [3.8, 4) is 0 Å². The second-order valence-electron chi connectivity index (χ2n) is 36.3. The number of carbonyl (C=O) groups excluding carboxylic acids is 3. The molecule has 7 aliphatic heterocycles. The Bertz CT molecular complexity index is 3620. The van der Waals surface area contributed by atoms with Crippen molar-refractivity contribution in [3.05, 3.63) is 53.6 Å². The number of ether oxygens (including phenoxy) is 15. The molecule has 19 N–H and O–H groups in total. The van der Waals surface area contributed by atoms with Crippen molar-refractivity contribution in [1.82, 2.24) is 5.32 Å². The smallest absolute Gasteiger partial charge is 0.331 e. The van der Waals surface area contributed by atoms with Crippen LogP contribution in [0.15, 0.2) is 48.1 Å². The van der Waals surface area contributed by atoms with Gasteiger partial charge in [0.25, 0.3) is 0 Å². The maximum atomic E-state index is 16.4. The topological polar surface area (TPSA) is 566 Å². The van der Waals surface area contributed by atoms with Gasteiger partial charge in [0.05, 0.1) is 57.3 Å². The normalized spacial score (nSPS) is 49.7. The minimum atomic E-state index is -2.17. The van der Waals surface area contributed by atoms with E-state index < -0.39 is 305 Å². The van der Waals surface area contributed by atoms with Crippen LogP contribution in [-0.4, -0.2) is 358 Å². The zero-order valence-corrected chi connectivity index (χ0v) is 67.0. The van der Waals surface area contributed by atoms with E-state index in [1.807, 2.05) is 44.2 Å². The zero-order valence-electron chi connectivity index (χ0n) is 67.0. The number of hydrogen-bond donors (Lipinski definition) is 19. The van der Waals surface area contributed by atoms with Gasteiger partial charge in [0, 0.05) is 24.8 Å². The summed E-state index contributed by atoms with van der Waals surface area (Å²) >= 11 is 0. The first-order valence-electron chi connectivity index (χ1n) is 40.7. The molecule has 5 aliphatic carbocycles. The van der Waals surface area contributed by atoms with E-state index in [1.54, 1.807) is 6.08 Å². The lowest BCUT2D eigenvalue weighted by atomic mass is 9.33. The van der Waals surface area contributed by atoms with Crippen LogP contribution in [-0.2, 0) is 85.4 Å². The van der Waals surface area contributed by atoms with E-state index in [1.165, 1.54) is 19.9 Å². The maximum absolute atomic E-state index is 16.4. The van der Waals surface area contributed by atoms with Crippen LogP contribution in [0.4, 0.5) is 0 Å². The van der Waals surface area contributed by atoms with E-state index in [4.69, 9.17) is 71.1 Å². The molecule has 1 aromatic rings. The van der Waals surface area contributed by atoms with E-state index >= 15 is 4.79 Å². The molecule has 7 heterocycles. The minimum absolute atomic E-state index is 0.00429. The maximum Gasteiger partial charge on any atom is 0.331 e. The number of esters is 2. The number of allylic oxidation sites excluding steroid dienone is 2. The Hall–Kier alpha value is -4.13. The number of nitrogens with one attached hydrogen (secondary N) is 1. The largest absolute Gasteiger partial charge is 0.459 e. The molecule has 37 heteroatoms. The molecule has 662 valence electrons. The number of aliphatic hydroxyl groups is 18. The number of carbonyl (C=O) groups is 3. The second kappa shape index (κ2) is 35.5. The fourth-order valence-electron chi connectivity index (χ4n) is 21.5. The van der Waals surface area contributed by atoms with E-state index in [2.05, 4.69) is 46.0 Å². The summed E-state index contributed by atoms with van der Waals surface area (Å²) in [4.78, 5) is 43.5. The Morgan fingerprint density at radius 1 is 0.504 bits per heavy atom. The molecule has 0 unspecified atom stereocenters. The fourth-order valence-corrected chi connectivity index (χ4v) is 21.5. The molecule has 0 spiro atoms. The summed E-state index contributed by atoms with van der Waals surface area (Å²) in [6.07, 6.45) is -46.4. The Labute approximate surface area is 676 Å². The summed E-state index contributed by atoms with van der Waals surface area (Å²) in [5.41, 5.74) is -2.85. The van der Waals surface area contributed by atoms with Crippen molar-refractivity contribution in [2.24, 2.45) is 50.2 Å². The first kappa shape index (κ1) is 90.6. The first-order chi connectivity index (χ1) is 55.2. The molecule has 13 rings (SSSR count). The lowest BCUT2D eigenvalue weighted by Gasteiger charge is -2.71.